The number of hydrogen-bond donors (Lipinski definition) is 7. The second-order valence-corrected chi connectivity index (χ2v) is 19.1. The molecule has 0 radical (unpaired) electrons. The van der Waals surface area contributed by atoms with Crippen LogP contribution in [0.5, 0.6) is 0 Å². The van der Waals surface area contributed by atoms with Crippen molar-refractivity contribution < 1.29 is 57.6 Å². The molecule has 0 unspecified atom stereocenters. The molecule has 6 amide bonds. The van der Waals surface area contributed by atoms with Crippen molar-refractivity contribution in [1.29, 1.82) is 0 Å². The Kier molecular flexibility index (Phi) is 15.7. The van der Waals surface area contributed by atoms with Crippen LogP contribution in [-0.2, 0) is 69.8 Å². The first-order valence-electron chi connectivity index (χ1n) is 23.7. The van der Waals surface area contributed by atoms with Gasteiger partial charge < -0.3 is 56.2 Å². The molecule has 21 nitrogen and oxygen atoms in total. The molecule has 3 aliphatic rings. The standard InChI is InChI=1S/C50H60FN9O12/c1-6-50(70)32-19-37-44-30(23-60(37)45(66)31(32)26-71-47(50)68)43-34(13-12-29-27(2)33(51)20-35(57-44)42(29)43)55-41(65)25-58(16-17-61)14-15-59(24-38(52)62)46(67)36(18-28-10-8-7-9-11-28)56-40(64)22-53-39(63)21-54-48(69)72-49(3,4)5/h7-11,19-20,34,36,61,70H,6,12-18,21-26H2,1-5H3,(H2,52,62)(H,53,63)(H,54,69)(H,55,65)(H,56,64)/t34-,36-,50-/m0/s1. The van der Waals surface area contributed by atoms with Gasteiger partial charge in [-0.05, 0) is 75.3 Å². The number of esters is 1. The number of nitrogens with zero attached hydrogens (tertiary/aromatic N) is 4. The number of halogens is 1. The van der Waals surface area contributed by atoms with Crippen LogP contribution >= 0.6 is 0 Å². The molecule has 2 aliphatic heterocycles. The van der Waals surface area contributed by atoms with E-state index in [0.29, 0.717) is 62.9 Å². The monoisotopic (exact) mass is 997 g/mol. The Morgan fingerprint density at radius 2 is 1.71 bits per heavy atom. The van der Waals surface area contributed by atoms with Crippen LogP contribution in [-0.4, -0.2) is 135 Å². The summed E-state index contributed by atoms with van der Waals surface area (Å²) in [6, 6.07) is 9.69. The van der Waals surface area contributed by atoms with Gasteiger partial charge in [0, 0.05) is 48.6 Å². The number of nitrogens with two attached hydrogens (primary N) is 1. The Bertz CT molecular complexity index is 2890. The fourth-order valence-electron chi connectivity index (χ4n) is 9.49. The van der Waals surface area contributed by atoms with Gasteiger partial charge in [0.25, 0.3) is 5.56 Å². The number of cyclic esters (lactones) is 1. The second-order valence-electron chi connectivity index (χ2n) is 19.1. The highest BCUT2D eigenvalue weighted by Crippen LogP contribution is 2.46. The van der Waals surface area contributed by atoms with E-state index in [1.165, 1.54) is 10.6 Å². The number of nitrogens with one attached hydrogen (secondary N) is 4. The highest BCUT2D eigenvalue weighted by molar-refractivity contribution is 5.95. The number of aliphatic hydroxyl groups excluding tert-OH is 1. The number of amides is 6. The Morgan fingerprint density at radius 3 is 2.39 bits per heavy atom. The van der Waals surface area contributed by atoms with E-state index in [4.69, 9.17) is 20.2 Å². The van der Waals surface area contributed by atoms with E-state index in [2.05, 4.69) is 21.3 Å². The van der Waals surface area contributed by atoms with Crippen LogP contribution in [0.2, 0.25) is 0 Å². The molecule has 0 saturated heterocycles. The molecule has 4 heterocycles. The summed E-state index contributed by atoms with van der Waals surface area (Å²) >= 11 is 0. The van der Waals surface area contributed by atoms with Crippen LogP contribution in [0, 0.1) is 12.7 Å². The largest absolute Gasteiger partial charge is 0.458 e. The predicted octanol–water partition coefficient (Wildman–Crippen LogP) is 0.607. The van der Waals surface area contributed by atoms with E-state index in [1.807, 2.05) is 0 Å². The smallest absolute Gasteiger partial charge is 0.408 e. The molecule has 2 aromatic heterocycles. The average molecular weight is 998 g/mol. The first-order valence-corrected chi connectivity index (χ1v) is 23.7. The van der Waals surface area contributed by atoms with Crippen molar-refractivity contribution in [3.8, 4) is 11.4 Å². The van der Waals surface area contributed by atoms with Gasteiger partial charge in [0.2, 0.25) is 29.5 Å². The number of benzene rings is 2. The van der Waals surface area contributed by atoms with E-state index in [0.717, 1.165) is 4.90 Å². The van der Waals surface area contributed by atoms with Crippen molar-refractivity contribution in [3.63, 3.8) is 0 Å². The maximum absolute atomic E-state index is 15.5. The molecule has 8 N–H and O–H groups in total. The van der Waals surface area contributed by atoms with Crippen molar-refractivity contribution in [3.05, 3.63) is 97.6 Å². The third-order valence-electron chi connectivity index (χ3n) is 13.0. The SMILES string of the molecule is CC[C@@]1(O)C(=O)OCc2c1cc1n(c2=O)Cc2c-1nc1cc(F)c(C)c3c1c2[C@@H](NC(=O)CN(CCO)CCN(CC(N)=O)C(=O)[C@H](Cc1ccccc1)NC(=O)CNC(=O)CNC(=O)OC(C)(C)C)CC3. The van der Waals surface area contributed by atoms with E-state index in [9.17, 15) is 48.6 Å². The summed E-state index contributed by atoms with van der Waals surface area (Å²) < 4.78 is 27.3. The minimum absolute atomic E-state index is 0.0165. The molecule has 2 aromatic carbocycles. The quantitative estimate of drug-likeness (QED) is 0.0559. The number of carbonyl (C=O) groups excluding carboxylic acids is 7. The van der Waals surface area contributed by atoms with E-state index in [1.54, 1.807) is 75.9 Å². The number of aryl methyl sites for hydroxylation is 1. The number of ether oxygens (including phenoxy) is 2. The lowest BCUT2D eigenvalue weighted by molar-refractivity contribution is -0.172. The van der Waals surface area contributed by atoms with Gasteiger partial charge in [-0.3, -0.25) is 33.7 Å². The third-order valence-corrected chi connectivity index (χ3v) is 13.0. The van der Waals surface area contributed by atoms with Gasteiger partial charge in [0.15, 0.2) is 5.60 Å². The fraction of sp³-hybridized carbons (Fsp3) is 0.460. The number of primary amides is 1. The van der Waals surface area contributed by atoms with E-state index < -0.39 is 95.9 Å². The van der Waals surface area contributed by atoms with Crippen molar-refractivity contribution in [2.75, 3.05) is 52.4 Å². The van der Waals surface area contributed by atoms with Gasteiger partial charge in [0.1, 0.15) is 30.6 Å². The zero-order valence-electron chi connectivity index (χ0n) is 40.8. The first kappa shape index (κ1) is 52.5. The number of fused-ring (bicyclic) bond motifs is 5. The van der Waals surface area contributed by atoms with Crippen molar-refractivity contribution in [2.24, 2.45) is 5.73 Å². The molecule has 0 bridgehead atoms. The summed E-state index contributed by atoms with van der Waals surface area (Å²) in [6.45, 7) is 5.41. The molecule has 1 aliphatic carbocycles. The van der Waals surface area contributed by atoms with Crippen molar-refractivity contribution in [1.82, 2.24) is 40.6 Å². The average Bonchev–Trinajstić information content (AvgIpc) is 3.70. The van der Waals surface area contributed by atoms with Gasteiger partial charge >= 0.3 is 12.1 Å². The third kappa shape index (κ3) is 11.4. The molecule has 384 valence electrons. The van der Waals surface area contributed by atoms with Crippen molar-refractivity contribution in [2.45, 2.75) is 96.7 Å². The van der Waals surface area contributed by atoms with Gasteiger partial charge in [-0.2, -0.15) is 0 Å². The Hall–Kier alpha value is -7.30. The number of carbonyl (C=O) groups is 7. The highest BCUT2D eigenvalue weighted by atomic mass is 19.1. The van der Waals surface area contributed by atoms with Crippen LogP contribution < -0.4 is 32.6 Å². The zero-order valence-corrected chi connectivity index (χ0v) is 40.8. The molecular weight excluding hydrogens is 938 g/mol. The summed E-state index contributed by atoms with van der Waals surface area (Å²) in [5.74, 6) is -4.84. The molecule has 72 heavy (non-hydrogen) atoms. The molecule has 7 rings (SSSR count). The summed E-state index contributed by atoms with van der Waals surface area (Å²) in [4.78, 5) is 113. The van der Waals surface area contributed by atoms with Gasteiger partial charge in [-0.25, -0.2) is 19.0 Å². The summed E-state index contributed by atoms with van der Waals surface area (Å²) in [5.41, 5.74) is 6.50. The molecule has 0 fully saturated rings. The molecule has 22 heteroatoms. The summed E-state index contributed by atoms with van der Waals surface area (Å²) in [5, 5.41) is 32.6. The molecule has 3 atom stereocenters. The summed E-state index contributed by atoms with van der Waals surface area (Å²) in [7, 11) is 0. The fourth-order valence-corrected chi connectivity index (χ4v) is 9.49. The zero-order chi connectivity index (χ0) is 52.2. The maximum Gasteiger partial charge on any atom is 0.408 e. The topological polar surface area (TPSA) is 294 Å². The maximum atomic E-state index is 15.5. The molecule has 0 saturated carbocycles. The van der Waals surface area contributed by atoms with Gasteiger partial charge in [0.05, 0.1) is 61.3 Å². The minimum atomic E-state index is -2.07. The minimum Gasteiger partial charge on any atom is -0.458 e. The first-order chi connectivity index (χ1) is 34.1. The van der Waals surface area contributed by atoms with Crippen LogP contribution in [0.1, 0.15) is 85.5 Å². The van der Waals surface area contributed by atoms with E-state index >= 15 is 4.39 Å². The molecule has 0 spiro atoms. The van der Waals surface area contributed by atoms with Crippen LogP contribution in [0.3, 0.4) is 0 Å². The Labute approximate surface area is 413 Å². The van der Waals surface area contributed by atoms with Gasteiger partial charge in [-0.15, -0.1) is 0 Å². The predicted molar refractivity (Wildman–Crippen MR) is 257 cm³/mol. The summed E-state index contributed by atoms with van der Waals surface area (Å²) in [6.07, 6.45) is -0.184. The molecule has 4 aromatic rings. The number of pyridine rings is 2. The number of rotatable bonds is 19. The van der Waals surface area contributed by atoms with Crippen LogP contribution in [0.25, 0.3) is 22.3 Å². The van der Waals surface area contributed by atoms with Gasteiger partial charge in [-0.1, -0.05) is 37.3 Å². The van der Waals surface area contributed by atoms with E-state index in [-0.39, 0.29) is 69.9 Å². The second kappa shape index (κ2) is 21.6. The number of aromatic nitrogens is 2. The Morgan fingerprint density at radius 1 is 0.986 bits per heavy atom. The lowest BCUT2D eigenvalue weighted by Gasteiger charge is -2.32. The number of alkyl carbamates (subject to hydrolysis) is 1. The highest BCUT2D eigenvalue weighted by Gasteiger charge is 2.46. The van der Waals surface area contributed by atoms with Crippen molar-refractivity contribution >= 4 is 52.5 Å². The molecular formula is C50H60FN9O12. The van der Waals surface area contributed by atoms with Crippen LogP contribution in [0.4, 0.5) is 9.18 Å². The lowest BCUT2D eigenvalue weighted by Crippen LogP contribution is -2.55. The normalized spacial score (nSPS) is 17.0. The Balaban J connectivity index is 1.08. The van der Waals surface area contributed by atoms with Crippen LogP contribution in [0.15, 0.2) is 47.3 Å². The number of hydrogen-bond acceptors (Lipinski definition) is 14. The lowest BCUT2D eigenvalue weighted by atomic mass is 9.81. The number of aliphatic hydroxyl groups is 2.